The Hall–Kier alpha value is -2.14. The van der Waals surface area contributed by atoms with Gasteiger partial charge in [-0.1, -0.05) is 12.1 Å². The SMILES string of the molecule is Cc1ccc2nc(COC(=O)c3cccs3)cn2c1. The zero-order valence-corrected chi connectivity index (χ0v) is 11.2. The van der Waals surface area contributed by atoms with Gasteiger partial charge in [0.1, 0.15) is 17.1 Å². The monoisotopic (exact) mass is 272 g/mol. The van der Waals surface area contributed by atoms with E-state index in [4.69, 9.17) is 4.74 Å². The number of hydrogen-bond acceptors (Lipinski definition) is 4. The minimum Gasteiger partial charge on any atom is -0.455 e. The van der Waals surface area contributed by atoms with Crippen molar-refractivity contribution in [3.63, 3.8) is 0 Å². The Morgan fingerprint density at radius 1 is 1.37 bits per heavy atom. The summed E-state index contributed by atoms with van der Waals surface area (Å²) < 4.78 is 7.16. The quantitative estimate of drug-likeness (QED) is 0.688. The highest BCUT2D eigenvalue weighted by Gasteiger charge is 2.09. The zero-order valence-electron chi connectivity index (χ0n) is 10.4. The molecule has 0 aliphatic heterocycles. The second kappa shape index (κ2) is 4.85. The van der Waals surface area contributed by atoms with Crippen LogP contribution in [0.3, 0.4) is 0 Å². The fraction of sp³-hybridized carbons (Fsp3) is 0.143. The molecule has 0 atom stereocenters. The molecule has 3 aromatic heterocycles. The lowest BCUT2D eigenvalue weighted by Gasteiger charge is -1.99. The topological polar surface area (TPSA) is 43.6 Å². The molecular formula is C14H12N2O2S. The van der Waals surface area contributed by atoms with Gasteiger partial charge in [0.25, 0.3) is 0 Å². The minimum absolute atomic E-state index is 0.192. The summed E-state index contributed by atoms with van der Waals surface area (Å²) in [4.78, 5) is 16.7. The number of esters is 1. The van der Waals surface area contributed by atoms with Gasteiger partial charge in [0.2, 0.25) is 0 Å². The Morgan fingerprint density at radius 3 is 3.05 bits per heavy atom. The Bertz CT molecular complexity index is 716. The first-order valence-electron chi connectivity index (χ1n) is 5.87. The van der Waals surface area contributed by atoms with Crippen LogP contribution in [0.2, 0.25) is 0 Å². The summed E-state index contributed by atoms with van der Waals surface area (Å²) in [6.07, 6.45) is 3.87. The zero-order chi connectivity index (χ0) is 13.2. The standard InChI is InChI=1S/C14H12N2O2S/c1-10-4-5-13-15-11(8-16(13)7-10)9-18-14(17)12-3-2-6-19-12/h2-8H,9H2,1H3. The van der Waals surface area contributed by atoms with Gasteiger partial charge < -0.3 is 9.14 Å². The molecule has 3 heterocycles. The maximum Gasteiger partial charge on any atom is 0.348 e. The van der Waals surface area contributed by atoms with Crippen molar-refractivity contribution in [2.75, 3.05) is 0 Å². The first-order chi connectivity index (χ1) is 9.22. The number of pyridine rings is 1. The third kappa shape index (κ3) is 2.51. The van der Waals surface area contributed by atoms with Gasteiger partial charge in [0.15, 0.2) is 0 Å². The van der Waals surface area contributed by atoms with E-state index in [2.05, 4.69) is 4.98 Å². The molecule has 0 radical (unpaired) electrons. The Labute approximate surface area is 114 Å². The minimum atomic E-state index is -0.303. The summed E-state index contributed by atoms with van der Waals surface area (Å²) in [6, 6.07) is 7.53. The average Bonchev–Trinajstić information content (AvgIpc) is 3.04. The number of rotatable bonds is 3. The van der Waals surface area contributed by atoms with Crippen molar-refractivity contribution in [1.29, 1.82) is 0 Å². The lowest BCUT2D eigenvalue weighted by Crippen LogP contribution is -2.03. The molecule has 0 aromatic carbocycles. The van der Waals surface area contributed by atoms with Gasteiger partial charge in [-0.05, 0) is 30.0 Å². The first-order valence-corrected chi connectivity index (χ1v) is 6.75. The number of nitrogens with zero attached hydrogens (tertiary/aromatic N) is 2. The highest BCUT2D eigenvalue weighted by molar-refractivity contribution is 7.11. The van der Waals surface area contributed by atoms with Crippen LogP contribution in [0.5, 0.6) is 0 Å². The van der Waals surface area contributed by atoms with Crippen LogP contribution in [0.15, 0.2) is 42.0 Å². The van der Waals surface area contributed by atoms with E-state index in [0.29, 0.717) is 4.88 Å². The van der Waals surface area contributed by atoms with E-state index < -0.39 is 0 Å². The van der Waals surface area contributed by atoms with E-state index in [0.717, 1.165) is 16.9 Å². The molecule has 4 nitrogen and oxygen atoms in total. The van der Waals surface area contributed by atoms with Crippen LogP contribution < -0.4 is 0 Å². The molecule has 96 valence electrons. The van der Waals surface area contributed by atoms with E-state index in [1.165, 1.54) is 11.3 Å². The molecule has 0 saturated heterocycles. The molecule has 3 aromatic rings. The van der Waals surface area contributed by atoms with E-state index in [9.17, 15) is 4.79 Å². The van der Waals surface area contributed by atoms with Gasteiger partial charge in [-0.2, -0.15) is 0 Å². The summed E-state index contributed by atoms with van der Waals surface area (Å²) in [5, 5.41) is 1.85. The van der Waals surface area contributed by atoms with Crippen LogP contribution in [0.1, 0.15) is 20.9 Å². The van der Waals surface area contributed by atoms with Crippen LogP contribution in [0.25, 0.3) is 5.65 Å². The normalized spacial score (nSPS) is 10.8. The number of aryl methyl sites for hydroxylation is 1. The summed E-state index contributed by atoms with van der Waals surface area (Å²) in [7, 11) is 0. The van der Waals surface area contributed by atoms with Gasteiger partial charge >= 0.3 is 5.97 Å². The number of hydrogen-bond donors (Lipinski definition) is 0. The molecule has 0 amide bonds. The van der Waals surface area contributed by atoms with Crippen LogP contribution >= 0.6 is 11.3 Å². The number of carbonyl (C=O) groups excluding carboxylic acids is 1. The van der Waals surface area contributed by atoms with Crippen molar-refractivity contribution in [1.82, 2.24) is 9.38 Å². The second-order valence-corrected chi connectivity index (χ2v) is 5.21. The number of ether oxygens (including phenoxy) is 1. The summed E-state index contributed by atoms with van der Waals surface area (Å²) in [5.41, 5.74) is 2.76. The van der Waals surface area contributed by atoms with E-state index in [1.807, 2.05) is 47.3 Å². The van der Waals surface area contributed by atoms with Crippen molar-refractivity contribution in [3.8, 4) is 0 Å². The highest BCUT2D eigenvalue weighted by Crippen LogP contribution is 2.12. The van der Waals surface area contributed by atoms with Crippen molar-refractivity contribution >= 4 is 23.0 Å². The first kappa shape index (κ1) is 11.9. The molecule has 0 fully saturated rings. The molecule has 3 rings (SSSR count). The molecule has 0 aliphatic rings. The second-order valence-electron chi connectivity index (χ2n) is 4.26. The lowest BCUT2D eigenvalue weighted by atomic mass is 10.3. The van der Waals surface area contributed by atoms with Crippen LogP contribution in [-0.2, 0) is 11.3 Å². The van der Waals surface area contributed by atoms with E-state index in [-0.39, 0.29) is 12.6 Å². The number of thiophene rings is 1. The van der Waals surface area contributed by atoms with Gasteiger partial charge in [0.05, 0.1) is 5.69 Å². The maximum absolute atomic E-state index is 11.7. The molecule has 5 heteroatoms. The molecule has 0 spiro atoms. The van der Waals surface area contributed by atoms with Crippen molar-refractivity contribution in [2.45, 2.75) is 13.5 Å². The largest absolute Gasteiger partial charge is 0.455 e. The van der Waals surface area contributed by atoms with Crippen molar-refractivity contribution < 1.29 is 9.53 Å². The number of fused-ring (bicyclic) bond motifs is 1. The van der Waals surface area contributed by atoms with Crippen LogP contribution in [0, 0.1) is 6.92 Å². The van der Waals surface area contributed by atoms with Gasteiger partial charge in [-0.15, -0.1) is 11.3 Å². The molecule has 19 heavy (non-hydrogen) atoms. The Kier molecular flexibility index (Phi) is 3.05. The Balaban J connectivity index is 1.73. The van der Waals surface area contributed by atoms with Crippen LogP contribution in [0.4, 0.5) is 0 Å². The summed E-state index contributed by atoms with van der Waals surface area (Å²) in [5.74, 6) is -0.303. The fourth-order valence-corrected chi connectivity index (χ4v) is 2.45. The van der Waals surface area contributed by atoms with Gasteiger partial charge in [-0.3, -0.25) is 0 Å². The van der Waals surface area contributed by atoms with Gasteiger partial charge in [-0.25, -0.2) is 9.78 Å². The maximum atomic E-state index is 11.7. The predicted octanol–water partition coefficient (Wildman–Crippen LogP) is 3.06. The van der Waals surface area contributed by atoms with Gasteiger partial charge in [0, 0.05) is 12.4 Å². The fourth-order valence-electron chi connectivity index (χ4n) is 1.83. The molecule has 0 unspecified atom stereocenters. The molecular weight excluding hydrogens is 260 g/mol. The Morgan fingerprint density at radius 2 is 2.26 bits per heavy atom. The lowest BCUT2D eigenvalue weighted by molar-refractivity contribution is 0.0474. The number of imidazole rings is 1. The summed E-state index contributed by atoms with van der Waals surface area (Å²) >= 11 is 1.37. The predicted molar refractivity (Wildman–Crippen MR) is 73.4 cm³/mol. The number of aromatic nitrogens is 2. The average molecular weight is 272 g/mol. The van der Waals surface area contributed by atoms with Crippen molar-refractivity contribution in [3.05, 3.63) is 58.2 Å². The smallest absolute Gasteiger partial charge is 0.348 e. The van der Waals surface area contributed by atoms with Crippen molar-refractivity contribution in [2.24, 2.45) is 0 Å². The third-order valence-electron chi connectivity index (χ3n) is 2.72. The highest BCUT2D eigenvalue weighted by atomic mass is 32.1. The molecule has 0 N–H and O–H groups in total. The van der Waals surface area contributed by atoms with E-state index in [1.54, 1.807) is 6.07 Å². The molecule has 0 aliphatic carbocycles. The summed E-state index contributed by atoms with van der Waals surface area (Å²) in [6.45, 7) is 2.22. The molecule has 0 bridgehead atoms. The molecule has 0 saturated carbocycles. The van der Waals surface area contributed by atoms with E-state index >= 15 is 0 Å². The number of carbonyl (C=O) groups is 1. The van der Waals surface area contributed by atoms with Crippen LogP contribution in [-0.4, -0.2) is 15.4 Å². The third-order valence-corrected chi connectivity index (χ3v) is 3.57.